The quantitative estimate of drug-likeness (QED) is 0.709. The summed E-state index contributed by atoms with van der Waals surface area (Å²) in [6.45, 7) is 2.09. The molecule has 0 bridgehead atoms. The van der Waals surface area contributed by atoms with E-state index < -0.39 is 0 Å². The van der Waals surface area contributed by atoms with Gasteiger partial charge in [-0.2, -0.15) is 0 Å². The summed E-state index contributed by atoms with van der Waals surface area (Å²) in [6.07, 6.45) is 0. The zero-order valence-electron chi connectivity index (χ0n) is 8.62. The summed E-state index contributed by atoms with van der Waals surface area (Å²) >= 11 is 5.02. The average molecular weight is 293 g/mol. The van der Waals surface area contributed by atoms with E-state index in [0.717, 1.165) is 9.61 Å². The minimum atomic E-state index is 0.923. The summed E-state index contributed by atoms with van der Waals surface area (Å²) in [6, 6.07) is 8.31. The lowest BCUT2D eigenvalue weighted by Crippen LogP contribution is -1.78. The Morgan fingerprint density at radius 3 is 2.88 bits per heavy atom. The maximum absolute atomic E-state index is 4.48. The Kier molecular flexibility index (Phi) is 2.33. The van der Waals surface area contributed by atoms with Gasteiger partial charge in [-0.1, -0.05) is 18.2 Å². The molecule has 0 saturated carbocycles. The molecule has 1 aromatic carbocycles. The van der Waals surface area contributed by atoms with Crippen molar-refractivity contribution in [3.05, 3.63) is 39.3 Å². The van der Waals surface area contributed by atoms with Crippen LogP contribution in [0, 0.1) is 6.92 Å². The second-order valence-electron chi connectivity index (χ2n) is 3.66. The summed E-state index contributed by atoms with van der Waals surface area (Å²) in [7, 11) is 0. The maximum Gasteiger partial charge on any atom is 0.159 e. The molecule has 0 saturated heterocycles. The van der Waals surface area contributed by atoms with E-state index in [-0.39, 0.29) is 0 Å². The highest BCUT2D eigenvalue weighted by molar-refractivity contribution is 9.11. The van der Waals surface area contributed by atoms with E-state index in [1.807, 2.05) is 6.07 Å². The van der Waals surface area contributed by atoms with Crippen LogP contribution in [0.5, 0.6) is 0 Å². The SMILES string of the molecule is Cc1[nH]c2ccccc2c1-c1csc(Br)n1. The van der Waals surface area contributed by atoms with Gasteiger partial charge >= 0.3 is 0 Å². The van der Waals surface area contributed by atoms with E-state index in [0.29, 0.717) is 0 Å². The number of benzene rings is 1. The first kappa shape index (κ1) is 10.1. The molecule has 0 spiro atoms. The summed E-state index contributed by atoms with van der Waals surface area (Å²) in [5.74, 6) is 0. The van der Waals surface area contributed by atoms with Crippen LogP contribution in [0.25, 0.3) is 22.2 Å². The van der Waals surface area contributed by atoms with Crippen molar-refractivity contribution >= 4 is 38.2 Å². The molecule has 0 aliphatic heterocycles. The zero-order chi connectivity index (χ0) is 11.1. The van der Waals surface area contributed by atoms with Crippen molar-refractivity contribution in [3.63, 3.8) is 0 Å². The summed E-state index contributed by atoms with van der Waals surface area (Å²) in [4.78, 5) is 7.86. The first-order valence-electron chi connectivity index (χ1n) is 4.94. The third-order valence-corrected chi connectivity index (χ3v) is 3.99. The molecule has 0 radical (unpaired) electrons. The number of aromatic amines is 1. The first-order chi connectivity index (χ1) is 7.75. The number of H-pyrrole nitrogens is 1. The minimum Gasteiger partial charge on any atom is -0.358 e. The van der Waals surface area contributed by atoms with Crippen LogP contribution in [0.3, 0.4) is 0 Å². The van der Waals surface area contributed by atoms with Gasteiger partial charge in [-0.25, -0.2) is 4.98 Å². The van der Waals surface area contributed by atoms with Gasteiger partial charge in [0.2, 0.25) is 0 Å². The fourth-order valence-electron chi connectivity index (χ4n) is 1.97. The van der Waals surface area contributed by atoms with Crippen molar-refractivity contribution in [2.75, 3.05) is 0 Å². The topological polar surface area (TPSA) is 28.7 Å². The fraction of sp³-hybridized carbons (Fsp3) is 0.0833. The van der Waals surface area contributed by atoms with Crippen molar-refractivity contribution in [3.8, 4) is 11.3 Å². The summed E-state index contributed by atoms with van der Waals surface area (Å²) in [5, 5.41) is 3.31. The van der Waals surface area contributed by atoms with E-state index >= 15 is 0 Å². The number of thiazole rings is 1. The Balaban J connectivity index is 2.34. The van der Waals surface area contributed by atoms with Gasteiger partial charge in [0.05, 0.1) is 5.69 Å². The van der Waals surface area contributed by atoms with Crippen molar-refractivity contribution in [2.45, 2.75) is 6.92 Å². The number of aromatic nitrogens is 2. The summed E-state index contributed by atoms with van der Waals surface area (Å²) in [5.41, 5.74) is 4.57. The summed E-state index contributed by atoms with van der Waals surface area (Å²) < 4.78 is 0.923. The largest absolute Gasteiger partial charge is 0.358 e. The Morgan fingerprint density at radius 2 is 2.12 bits per heavy atom. The molecule has 80 valence electrons. The number of fused-ring (bicyclic) bond motifs is 1. The van der Waals surface area contributed by atoms with Gasteiger partial charge in [0.15, 0.2) is 3.92 Å². The van der Waals surface area contributed by atoms with Crippen LogP contribution in [-0.2, 0) is 0 Å². The zero-order valence-corrected chi connectivity index (χ0v) is 11.0. The lowest BCUT2D eigenvalue weighted by atomic mass is 10.1. The molecule has 0 aliphatic rings. The second kappa shape index (κ2) is 3.71. The van der Waals surface area contributed by atoms with Crippen LogP contribution in [0.2, 0.25) is 0 Å². The molecule has 2 aromatic heterocycles. The highest BCUT2D eigenvalue weighted by Crippen LogP contribution is 2.33. The minimum absolute atomic E-state index is 0.923. The molecule has 0 unspecified atom stereocenters. The average Bonchev–Trinajstić information content (AvgIpc) is 2.80. The monoisotopic (exact) mass is 292 g/mol. The van der Waals surface area contributed by atoms with Gasteiger partial charge < -0.3 is 4.98 Å². The Hall–Kier alpha value is -1.13. The molecule has 0 amide bonds. The second-order valence-corrected chi connectivity index (χ2v) is 5.79. The number of rotatable bonds is 1. The Bertz CT molecular complexity index is 654. The van der Waals surface area contributed by atoms with Crippen LogP contribution in [-0.4, -0.2) is 9.97 Å². The molecule has 0 atom stereocenters. The van der Waals surface area contributed by atoms with E-state index in [9.17, 15) is 0 Å². The number of hydrogen-bond donors (Lipinski definition) is 1. The molecule has 1 N–H and O–H groups in total. The molecule has 0 aliphatic carbocycles. The normalized spacial score (nSPS) is 11.1. The van der Waals surface area contributed by atoms with Gasteiger partial charge in [-0.15, -0.1) is 11.3 Å². The molecule has 16 heavy (non-hydrogen) atoms. The van der Waals surface area contributed by atoms with Crippen LogP contribution in [0.1, 0.15) is 5.69 Å². The van der Waals surface area contributed by atoms with E-state index in [4.69, 9.17) is 0 Å². The van der Waals surface area contributed by atoms with E-state index in [2.05, 4.69) is 56.4 Å². The molecule has 2 heterocycles. The third-order valence-electron chi connectivity index (χ3n) is 2.63. The van der Waals surface area contributed by atoms with Crippen molar-refractivity contribution in [1.29, 1.82) is 0 Å². The van der Waals surface area contributed by atoms with E-state index in [1.165, 1.54) is 22.2 Å². The predicted molar refractivity (Wildman–Crippen MR) is 71.8 cm³/mol. The van der Waals surface area contributed by atoms with Crippen LogP contribution in [0.15, 0.2) is 33.6 Å². The Morgan fingerprint density at radius 1 is 1.31 bits per heavy atom. The number of nitrogens with one attached hydrogen (secondary N) is 1. The van der Waals surface area contributed by atoms with Gasteiger partial charge in [0.1, 0.15) is 0 Å². The molecule has 2 nitrogen and oxygen atoms in total. The Labute approximate surface area is 105 Å². The van der Waals surface area contributed by atoms with Crippen LogP contribution < -0.4 is 0 Å². The molecule has 3 rings (SSSR count). The maximum atomic E-state index is 4.48. The van der Waals surface area contributed by atoms with Crippen molar-refractivity contribution < 1.29 is 0 Å². The molecule has 0 fully saturated rings. The number of aryl methyl sites for hydroxylation is 1. The molecular weight excluding hydrogens is 284 g/mol. The first-order valence-corrected chi connectivity index (χ1v) is 6.61. The lowest BCUT2D eigenvalue weighted by molar-refractivity contribution is 1.28. The highest BCUT2D eigenvalue weighted by atomic mass is 79.9. The van der Waals surface area contributed by atoms with Gasteiger partial charge in [0, 0.05) is 27.5 Å². The number of hydrogen-bond acceptors (Lipinski definition) is 2. The highest BCUT2D eigenvalue weighted by Gasteiger charge is 2.12. The van der Waals surface area contributed by atoms with Gasteiger partial charge in [-0.3, -0.25) is 0 Å². The number of halogens is 1. The lowest BCUT2D eigenvalue weighted by Gasteiger charge is -1.95. The molecule has 4 heteroatoms. The van der Waals surface area contributed by atoms with Crippen molar-refractivity contribution in [1.82, 2.24) is 9.97 Å². The number of nitrogens with zero attached hydrogens (tertiary/aromatic N) is 1. The molecule has 3 aromatic rings. The number of para-hydroxylation sites is 1. The van der Waals surface area contributed by atoms with Crippen molar-refractivity contribution in [2.24, 2.45) is 0 Å². The van der Waals surface area contributed by atoms with Gasteiger partial charge in [0.25, 0.3) is 0 Å². The van der Waals surface area contributed by atoms with Gasteiger partial charge in [-0.05, 0) is 28.9 Å². The fourth-order valence-corrected chi connectivity index (χ4v) is 2.98. The third kappa shape index (κ3) is 1.49. The van der Waals surface area contributed by atoms with Crippen LogP contribution in [0.4, 0.5) is 0 Å². The smallest absolute Gasteiger partial charge is 0.159 e. The standard InChI is InChI=1S/C12H9BrN2S/c1-7-11(10-6-16-12(13)15-10)8-4-2-3-5-9(8)14-7/h2-6,14H,1H3. The molecular formula is C12H9BrN2S. The van der Waals surface area contributed by atoms with E-state index in [1.54, 1.807) is 11.3 Å². The predicted octanol–water partition coefficient (Wildman–Crippen LogP) is 4.36. The van der Waals surface area contributed by atoms with Crippen LogP contribution >= 0.6 is 27.3 Å².